The van der Waals surface area contributed by atoms with Gasteiger partial charge in [0.2, 0.25) is 0 Å². The molecular weight excluding hydrogens is 166 g/mol. The van der Waals surface area contributed by atoms with Gasteiger partial charge in [-0.1, -0.05) is 12.1 Å². The molecule has 1 rings (SSSR count). The molecule has 0 radical (unpaired) electrons. The highest BCUT2D eigenvalue weighted by atomic mass is 16.5. The monoisotopic (exact) mass is 181 g/mol. The van der Waals surface area contributed by atoms with Crippen LogP contribution in [0, 0.1) is 0 Å². The second-order valence-corrected chi connectivity index (χ2v) is 2.95. The first-order valence-electron chi connectivity index (χ1n) is 4.27. The SMILES string of the molecule is COc1cccc(CC(O)CN)c1. The molecule has 13 heavy (non-hydrogen) atoms. The molecule has 1 unspecified atom stereocenters. The number of methoxy groups -OCH3 is 1. The van der Waals surface area contributed by atoms with E-state index in [9.17, 15) is 5.11 Å². The van der Waals surface area contributed by atoms with Crippen LogP contribution in [0.4, 0.5) is 0 Å². The van der Waals surface area contributed by atoms with E-state index in [0.29, 0.717) is 6.42 Å². The lowest BCUT2D eigenvalue weighted by molar-refractivity contribution is 0.183. The second kappa shape index (κ2) is 4.84. The predicted octanol–water partition coefficient (Wildman–Crippen LogP) is 0.557. The van der Waals surface area contributed by atoms with Crippen LogP contribution in [-0.4, -0.2) is 24.9 Å². The zero-order valence-electron chi connectivity index (χ0n) is 7.73. The molecule has 0 amide bonds. The summed E-state index contributed by atoms with van der Waals surface area (Å²) in [4.78, 5) is 0. The highest BCUT2D eigenvalue weighted by Gasteiger charge is 2.03. The van der Waals surface area contributed by atoms with Gasteiger partial charge in [0, 0.05) is 6.54 Å². The summed E-state index contributed by atoms with van der Waals surface area (Å²) in [5, 5.41) is 9.31. The van der Waals surface area contributed by atoms with Gasteiger partial charge in [-0.25, -0.2) is 0 Å². The maximum Gasteiger partial charge on any atom is 0.119 e. The fraction of sp³-hybridized carbons (Fsp3) is 0.400. The lowest BCUT2D eigenvalue weighted by Gasteiger charge is -2.08. The third kappa shape index (κ3) is 3.05. The van der Waals surface area contributed by atoms with E-state index in [-0.39, 0.29) is 6.54 Å². The average molecular weight is 181 g/mol. The summed E-state index contributed by atoms with van der Waals surface area (Å²) in [6, 6.07) is 7.62. The van der Waals surface area contributed by atoms with E-state index in [2.05, 4.69) is 0 Å². The van der Waals surface area contributed by atoms with Gasteiger partial charge >= 0.3 is 0 Å². The third-order valence-electron chi connectivity index (χ3n) is 1.88. The number of hydrogen-bond donors (Lipinski definition) is 2. The largest absolute Gasteiger partial charge is 0.497 e. The summed E-state index contributed by atoms with van der Waals surface area (Å²) in [6.45, 7) is 0.289. The van der Waals surface area contributed by atoms with Crippen molar-refractivity contribution in [3.8, 4) is 5.75 Å². The first-order valence-corrected chi connectivity index (χ1v) is 4.27. The number of nitrogens with two attached hydrogens (primary N) is 1. The van der Waals surface area contributed by atoms with E-state index < -0.39 is 6.10 Å². The Hall–Kier alpha value is -1.06. The number of ether oxygens (including phenoxy) is 1. The Kier molecular flexibility index (Phi) is 3.73. The van der Waals surface area contributed by atoms with Crippen molar-refractivity contribution >= 4 is 0 Å². The molecule has 0 bridgehead atoms. The van der Waals surface area contributed by atoms with Gasteiger partial charge < -0.3 is 15.6 Å². The molecule has 3 N–H and O–H groups in total. The molecule has 0 saturated heterocycles. The van der Waals surface area contributed by atoms with E-state index in [4.69, 9.17) is 10.5 Å². The van der Waals surface area contributed by atoms with Crippen molar-refractivity contribution in [3.63, 3.8) is 0 Å². The lowest BCUT2D eigenvalue weighted by Crippen LogP contribution is -2.21. The van der Waals surface area contributed by atoms with Gasteiger partial charge in [-0.05, 0) is 24.1 Å². The number of aliphatic hydroxyl groups is 1. The molecule has 0 spiro atoms. The molecule has 0 aromatic heterocycles. The molecule has 3 heteroatoms. The van der Waals surface area contributed by atoms with E-state index >= 15 is 0 Å². The molecule has 0 saturated carbocycles. The third-order valence-corrected chi connectivity index (χ3v) is 1.88. The van der Waals surface area contributed by atoms with Crippen LogP contribution in [0.5, 0.6) is 5.75 Å². The van der Waals surface area contributed by atoms with Crippen molar-refractivity contribution in [1.82, 2.24) is 0 Å². The molecule has 72 valence electrons. The lowest BCUT2D eigenvalue weighted by atomic mass is 10.1. The van der Waals surface area contributed by atoms with Crippen molar-refractivity contribution in [2.45, 2.75) is 12.5 Å². The zero-order valence-corrected chi connectivity index (χ0v) is 7.73. The Morgan fingerprint density at radius 3 is 2.92 bits per heavy atom. The van der Waals surface area contributed by atoms with E-state index in [1.54, 1.807) is 7.11 Å². The van der Waals surface area contributed by atoms with Gasteiger partial charge in [0.25, 0.3) is 0 Å². The first-order chi connectivity index (χ1) is 6.26. The average Bonchev–Trinajstić information content (AvgIpc) is 2.18. The quantitative estimate of drug-likeness (QED) is 0.713. The summed E-state index contributed by atoms with van der Waals surface area (Å²) >= 11 is 0. The molecule has 0 heterocycles. The normalized spacial score (nSPS) is 12.5. The fourth-order valence-electron chi connectivity index (χ4n) is 1.15. The molecule has 1 atom stereocenters. The van der Waals surface area contributed by atoms with Gasteiger partial charge in [-0.15, -0.1) is 0 Å². The van der Waals surface area contributed by atoms with Crippen molar-refractivity contribution in [1.29, 1.82) is 0 Å². The Labute approximate surface area is 78.1 Å². The zero-order chi connectivity index (χ0) is 9.68. The summed E-state index contributed by atoms with van der Waals surface area (Å²) in [6.07, 6.45) is 0.111. The van der Waals surface area contributed by atoms with Gasteiger partial charge in [-0.2, -0.15) is 0 Å². The highest BCUT2D eigenvalue weighted by Crippen LogP contribution is 2.13. The summed E-state index contributed by atoms with van der Waals surface area (Å²) in [5.41, 5.74) is 6.35. The molecule has 1 aromatic rings. The van der Waals surface area contributed by atoms with Crippen molar-refractivity contribution in [2.75, 3.05) is 13.7 Å². The maximum atomic E-state index is 9.31. The minimum atomic E-state index is -0.466. The Bertz CT molecular complexity index is 263. The van der Waals surface area contributed by atoms with Crippen molar-refractivity contribution in [3.05, 3.63) is 29.8 Å². The Morgan fingerprint density at radius 1 is 1.54 bits per heavy atom. The Balaban J connectivity index is 2.66. The maximum absolute atomic E-state index is 9.31. The molecule has 1 aromatic carbocycles. The minimum Gasteiger partial charge on any atom is -0.497 e. The second-order valence-electron chi connectivity index (χ2n) is 2.95. The molecule has 0 aliphatic heterocycles. The fourth-order valence-corrected chi connectivity index (χ4v) is 1.15. The number of hydrogen-bond acceptors (Lipinski definition) is 3. The molecule has 0 fully saturated rings. The van der Waals surface area contributed by atoms with Crippen molar-refractivity contribution < 1.29 is 9.84 Å². The molecule has 0 aliphatic rings. The predicted molar refractivity (Wildman–Crippen MR) is 51.8 cm³/mol. The van der Waals surface area contributed by atoms with Crippen LogP contribution in [0.1, 0.15) is 5.56 Å². The van der Waals surface area contributed by atoms with Crippen LogP contribution in [0.3, 0.4) is 0 Å². The van der Waals surface area contributed by atoms with Gasteiger partial charge in [0.1, 0.15) is 5.75 Å². The van der Waals surface area contributed by atoms with Crippen LogP contribution in [0.25, 0.3) is 0 Å². The minimum absolute atomic E-state index is 0.289. The standard InChI is InChI=1S/C10H15NO2/c1-13-10-4-2-3-8(6-10)5-9(12)7-11/h2-4,6,9,12H,5,7,11H2,1H3. The summed E-state index contributed by atoms with van der Waals surface area (Å²) < 4.78 is 5.06. The van der Waals surface area contributed by atoms with Crippen molar-refractivity contribution in [2.24, 2.45) is 5.73 Å². The number of benzene rings is 1. The molecular formula is C10H15NO2. The number of rotatable bonds is 4. The molecule has 3 nitrogen and oxygen atoms in total. The first kappa shape index (κ1) is 10.0. The van der Waals surface area contributed by atoms with Gasteiger partial charge in [-0.3, -0.25) is 0 Å². The topological polar surface area (TPSA) is 55.5 Å². The number of aliphatic hydroxyl groups excluding tert-OH is 1. The smallest absolute Gasteiger partial charge is 0.119 e. The summed E-state index contributed by atoms with van der Waals surface area (Å²) in [7, 11) is 1.62. The summed E-state index contributed by atoms with van der Waals surface area (Å²) in [5.74, 6) is 0.807. The van der Waals surface area contributed by atoms with E-state index in [0.717, 1.165) is 11.3 Å². The van der Waals surface area contributed by atoms with Crippen LogP contribution in [0.15, 0.2) is 24.3 Å². The van der Waals surface area contributed by atoms with E-state index in [1.165, 1.54) is 0 Å². The van der Waals surface area contributed by atoms with Crippen LogP contribution in [0.2, 0.25) is 0 Å². The highest BCUT2D eigenvalue weighted by molar-refractivity contribution is 5.28. The molecule has 0 aliphatic carbocycles. The van der Waals surface area contributed by atoms with Gasteiger partial charge in [0.05, 0.1) is 13.2 Å². The van der Waals surface area contributed by atoms with E-state index in [1.807, 2.05) is 24.3 Å². The Morgan fingerprint density at radius 2 is 2.31 bits per heavy atom. The van der Waals surface area contributed by atoms with Crippen LogP contribution in [-0.2, 0) is 6.42 Å². The van der Waals surface area contributed by atoms with Crippen LogP contribution < -0.4 is 10.5 Å². The van der Waals surface area contributed by atoms with Gasteiger partial charge in [0.15, 0.2) is 0 Å². The van der Waals surface area contributed by atoms with Crippen LogP contribution >= 0.6 is 0 Å².